The number of halogens is 1. The van der Waals surface area contributed by atoms with Crippen LogP contribution < -0.4 is 4.74 Å². The van der Waals surface area contributed by atoms with Gasteiger partial charge in [-0.15, -0.1) is 11.6 Å². The second-order valence-corrected chi connectivity index (χ2v) is 3.90. The van der Waals surface area contributed by atoms with Gasteiger partial charge in [-0.3, -0.25) is 0 Å². The summed E-state index contributed by atoms with van der Waals surface area (Å²) in [6.45, 7) is 6.82. The molecule has 0 radical (unpaired) electrons. The first-order valence-electron chi connectivity index (χ1n) is 5.07. The summed E-state index contributed by atoms with van der Waals surface area (Å²) in [6.07, 6.45) is 3.83. The maximum atomic E-state index is 5.71. The average Bonchev–Trinajstić information content (AvgIpc) is 2.23. The van der Waals surface area contributed by atoms with Crippen LogP contribution >= 0.6 is 11.6 Å². The molecule has 0 fully saturated rings. The summed E-state index contributed by atoms with van der Waals surface area (Å²) >= 11 is 5.53. The van der Waals surface area contributed by atoms with E-state index in [9.17, 15) is 0 Å². The molecule has 0 amide bonds. The van der Waals surface area contributed by atoms with Crippen molar-refractivity contribution in [2.45, 2.75) is 20.8 Å². The quantitative estimate of drug-likeness (QED) is 0.559. The first-order valence-corrected chi connectivity index (χ1v) is 5.61. The van der Waals surface area contributed by atoms with E-state index in [4.69, 9.17) is 16.3 Å². The van der Waals surface area contributed by atoms with Crippen molar-refractivity contribution in [3.63, 3.8) is 0 Å². The number of benzene rings is 1. The Balaban J connectivity index is 2.75. The number of allylic oxidation sites excluding steroid dienone is 1. The van der Waals surface area contributed by atoms with Gasteiger partial charge in [0.1, 0.15) is 12.4 Å². The Kier molecular flexibility index (Phi) is 4.70. The fourth-order valence-corrected chi connectivity index (χ4v) is 1.54. The highest BCUT2D eigenvalue weighted by atomic mass is 35.5. The van der Waals surface area contributed by atoms with Crippen LogP contribution in [0.2, 0.25) is 0 Å². The van der Waals surface area contributed by atoms with Gasteiger partial charge in [-0.25, -0.2) is 0 Å². The van der Waals surface area contributed by atoms with E-state index in [2.05, 4.69) is 32.9 Å². The molecule has 0 bridgehead atoms. The van der Waals surface area contributed by atoms with E-state index in [1.54, 1.807) is 0 Å². The van der Waals surface area contributed by atoms with Crippen molar-refractivity contribution in [2.75, 3.05) is 12.5 Å². The van der Waals surface area contributed by atoms with Crippen LogP contribution in [-0.4, -0.2) is 12.5 Å². The molecule has 82 valence electrons. The van der Waals surface area contributed by atoms with Crippen LogP contribution in [-0.2, 0) is 0 Å². The average molecular weight is 225 g/mol. The summed E-state index contributed by atoms with van der Waals surface area (Å²) in [5.41, 5.74) is 3.66. The van der Waals surface area contributed by atoms with Crippen LogP contribution in [0.25, 0.3) is 0 Å². The van der Waals surface area contributed by atoms with Gasteiger partial charge in [-0.05, 0) is 37.5 Å². The zero-order valence-corrected chi connectivity index (χ0v) is 10.3. The number of aryl methyl sites for hydroxylation is 2. The normalized spacial score (nSPS) is 10.9. The molecule has 0 N–H and O–H groups in total. The van der Waals surface area contributed by atoms with Crippen LogP contribution in [0.3, 0.4) is 0 Å². The lowest BCUT2D eigenvalue weighted by Crippen LogP contribution is -1.99. The molecule has 0 saturated heterocycles. The Hall–Kier alpha value is -0.950. The van der Waals surface area contributed by atoms with Crippen molar-refractivity contribution >= 4 is 11.6 Å². The molecule has 1 nitrogen and oxygen atoms in total. The smallest absolute Gasteiger partial charge is 0.125 e. The minimum Gasteiger partial charge on any atom is -0.489 e. The Labute approximate surface area is 96.7 Å². The fraction of sp³-hybridized carbons (Fsp3) is 0.385. The van der Waals surface area contributed by atoms with Gasteiger partial charge >= 0.3 is 0 Å². The highest BCUT2D eigenvalue weighted by Crippen LogP contribution is 2.25. The maximum Gasteiger partial charge on any atom is 0.125 e. The molecule has 0 aliphatic heterocycles. The van der Waals surface area contributed by atoms with Crippen molar-refractivity contribution in [1.82, 2.24) is 0 Å². The van der Waals surface area contributed by atoms with E-state index in [1.165, 1.54) is 16.7 Å². The standard InChI is InChI=1S/C13H17ClO/c1-10-6-7-11(2)13(12(10)3)15-9-5-4-8-14/h4-7H,8-9H2,1-3H3. The molecule has 0 unspecified atom stereocenters. The molecule has 0 aliphatic carbocycles. The van der Waals surface area contributed by atoms with Gasteiger partial charge in [0.25, 0.3) is 0 Å². The lowest BCUT2D eigenvalue weighted by molar-refractivity contribution is 0.357. The van der Waals surface area contributed by atoms with Crippen LogP contribution in [0.4, 0.5) is 0 Å². The van der Waals surface area contributed by atoms with Crippen molar-refractivity contribution in [3.8, 4) is 5.75 Å². The summed E-state index contributed by atoms with van der Waals surface area (Å²) in [5, 5.41) is 0. The Bertz CT molecular complexity index is 356. The molecule has 0 aliphatic rings. The molecule has 15 heavy (non-hydrogen) atoms. The van der Waals surface area contributed by atoms with Gasteiger partial charge in [0.05, 0.1) is 0 Å². The van der Waals surface area contributed by atoms with Gasteiger partial charge in [-0.1, -0.05) is 24.3 Å². The summed E-state index contributed by atoms with van der Waals surface area (Å²) in [4.78, 5) is 0. The predicted molar refractivity (Wildman–Crippen MR) is 66.0 cm³/mol. The molecular weight excluding hydrogens is 208 g/mol. The van der Waals surface area contributed by atoms with Gasteiger partial charge in [0, 0.05) is 5.88 Å². The maximum absolute atomic E-state index is 5.71. The van der Waals surface area contributed by atoms with Gasteiger partial charge < -0.3 is 4.74 Å². The molecular formula is C13H17ClO. The van der Waals surface area contributed by atoms with Crippen LogP contribution in [0, 0.1) is 20.8 Å². The van der Waals surface area contributed by atoms with E-state index in [1.807, 2.05) is 12.2 Å². The van der Waals surface area contributed by atoms with E-state index in [0.29, 0.717) is 12.5 Å². The topological polar surface area (TPSA) is 9.23 Å². The molecule has 1 aromatic rings. The zero-order valence-electron chi connectivity index (χ0n) is 9.51. The molecule has 0 heterocycles. The highest BCUT2D eigenvalue weighted by Gasteiger charge is 2.04. The number of rotatable bonds is 4. The third-order valence-electron chi connectivity index (χ3n) is 2.45. The molecule has 0 spiro atoms. The number of hydrogen-bond donors (Lipinski definition) is 0. The lowest BCUT2D eigenvalue weighted by atomic mass is 10.1. The Morgan fingerprint density at radius 3 is 2.47 bits per heavy atom. The summed E-state index contributed by atoms with van der Waals surface area (Å²) in [5.74, 6) is 1.53. The Morgan fingerprint density at radius 1 is 1.13 bits per heavy atom. The summed E-state index contributed by atoms with van der Waals surface area (Å²) in [6, 6.07) is 4.20. The second kappa shape index (κ2) is 5.82. The van der Waals surface area contributed by atoms with Gasteiger partial charge in [-0.2, -0.15) is 0 Å². The number of alkyl halides is 1. The first-order chi connectivity index (χ1) is 7.16. The van der Waals surface area contributed by atoms with Crippen molar-refractivity contribution in [3.05, 3.63) is 41.0 Å². The third-order valence-corrected chi connectivity index (χ3v) is 2.63. The first kappa shape index (κ1) is 12.1. The van der Waals surface area contributed by atoms with E-state index in [0.717, 1.165) is 5.75 Å². The Morgan fingerprint density at radius 2 is 1.80 bits per heavy atom. The SMILES string of the molecule is Cc1ccc(C)c(OCC=CCCl)c1C. The van der Waals surface area contributed by atoms with Gasteiger partial charge in [0.2, 0.25) is 0 Å². The minimum absolute atomic E-state index is 0.537. The monoisotopic (exact) mass is 224 g/mol. The van der Waals surface area contributed by atoms with Gasteiger partial charge in [0.15, 0.2) is 0 Å². The summed E-state index contributed by atoms with van der Waals surface area (Å²) in [7, 11) is 0. The molecule has 0 saturated carbocycles. The lowest BCUT2D eigenvalue weighted by Gasteiger charge is -2.12. The molecule has 0 aromatic heterocycles. The zero-order chi connectivity index (χ0) is 11.3. The van der Waals surface area contributed by atoms with Crippen molar-refractivity contribution < 1.29 is 4.74 Å². The molecule has 0 atom stereocenters. The highest BCUT2D eigenvalue weighted by molar-refractivity contribution is 6.18. The van der Waals surface area contributed by atoms with E-state index >= 15 is 0 Å². The predicted octanol–water partition coefficient (Wildman–Crippen LogP) is 3.79. The third kappa shape index (κ3) is 3.28. The largest absolute Gasteiger partial charge is 0.489 e. The molecule has 1 aromatic carbocycles. The van der Waals surface area contributed by atoms with Crippen molar-refractivity contribution in [1.29, 1.82) is 0 Å². The van der Waals surface area contributed by atoms with Crippen LogP contribution in [0.1, 0.15) is 16.7 Å². The fourth-order valence-electron chi connectivity index (χ4n) is 1.41. The number of ether oxygens (including phenoxy) is 1. The van der Waals surface area contributed by atoms with E-state index < -0.39 is 0 Å². The minimum atomic E-state index is 0.537. The molecule has 1 rings (SSSR count). The van der Waals surface area contributed by atoms with Crippen LogP contribution in [0.15, 0.2) is 24.3 Å². The van der Waals surface area contributed by atoms with Crippen LogP contribution in [0.5, 0.6) is 5.75 Å². The van der Waals surface area contributed by atoms with Crippen molar-refractivity contribution in [2.24, 2.45) is 0 Å². The summed E-state index contributed by atoms with van der Waals surface area (Å²) < 4.78 is 5.71. The second-order valence-electron chi connectivity index (χ2n) is 3.59. The van der Waals surface area contributed by atoms with E-state index in [-0.39, 0.29) is 0 Å². The molecule has 2 heteroatoms. The number of hydrogen-bond acceptors (Lipinski definition) is 1.